The molecule has 0 fully saturated rings. The van der Waals surface area contributed by atoms with E-state index in [0.717, 1.165) is 18.5 Å². The number of ether oxygens (including phenoxy) is 1. The van der Waals surface area contributed by atoms with Crippen LogP contribution < -0.4 is 5.32 Å². The minimum absolute atomic E-state index is 0.133. The Bertz CT molecular complexity index is 417. The quantitative estimate of drug-likeness (QED) is 0.815. The van der Waals surface area contributed by atoms with E-state index in [1.165, 1.54) is 12.1 Å². The zero-order chi connectivity index (χ0) is 15.2. The number of hydrogen-bond acceptors (Lipinski definition) is 2. The van der Waals surface area contributed by atoms with Gasteiger partial charge in [-0.25, -0.2) is 4.39 Å². The van der Waals surface area contributed by atoms with Gasteiger partial charge in [0.25, 0.3) is 0 Å². The summed E-state index contributed by atoms with van der Waals surface area (Å²) in [6.07, 6.45) is 1.70. The summed E-state index contributed by atoms with van der Waals surface area (Å²) in [6, 6.07) is 4.62. The second-order valence-corrected chi connectivity index (χ2v) is 6.42. The Kier molecular flexibility index (Phi) is 6.93. The molecule has 0 saturated heterocycles. The number of halogens is 2. The second-order valence-electron chi connectivity index (χ2n) is 6.01. The first-order chi connectivity index (χ1) is 9.31. The molecule has 0 amide bonds. The average molecular weight is 302 g/mol. The molecule has 0 aromatic heterocycles. The molecule has 0 aliphatic heterocycles. The SMILES string of the molecule is CCCNC(COC(C)(C)C)Cc1cc(F)ccc1Cl. The number of benzene rings is 1. The first kappa shape index (κ1) is 17.4. The van der Waals surface area contributed by atoms with Crippen molar-refractivity contribution in [3.05, 3.63) is 34.6 Å². The average Bonchev–Trinajstić information content (AvgIpc) is 2.36. The molecule has 4 heteroatoms. The molecule has 2 nitrogen and oxygen atoms in total. The summed E-state index contributed by atoms with van der Waals surface area (Å²) in [5.41, 5.74) is 0.635. The molecule has 0 aliphatic rings. The van der Waals surface area contributed by atoms with Crippen LogP contribution in [0.1, 0.15) is 39.7 Å². The van der Waals surface area contributed by atoms with Gasteiger partial charge in [0.1, 0.15) is 5.82 Å². The smallest absolute Gasteiger partial charge is 0.123 e. The first-order valence-electron chi connectivity index (χ1n) is 7.13. The van der Waals surface area contributed by atoms with Crippen molar-refractivity contribution in [2.45, 2.75) is 52.2 Å². The normalized spacial score (nSPS) is 13.5. The maximum atomic E-state index is 13.3. The van der Waals surface area contributed by atoms with Crippen LogP contribution in [0.4, 0.5) is 4.39 Å². The molecule has 1 unspecified atom stereocenters. The van der Waals surface area contributed by atoms with Crippen LogP contribution in [0.2, 0.25) is 5.02 Å². The molecule has 1 atom stereocenters. The minimum atomic E-state index is -0.254. The van der Waals surface area contributed by atoms with Crippen molar-refractivity contribution in [2.75, 3.05) is 13.2 Å². The summed E-state index contributed by atoms with van der Waals surface area (Å²) in [6.45, 7) is 9.68. The fourth-order valence-electron chi connectivity index (χ4n) is 1.85. The molecule has 0 heterocycles. The van der Waals surface area contributed by atoms with Crippen LogP contribution in [0.15, 0.2) is 18.2 Å². The number of nitrogens with one attached hydrogen (secondary N) is 1. The highest BCUT2D eigenvalue weighted by Crippen LogP contribution is 2.19. The van der Waals surface area contributed by atoms with Crippen LogP contribution in [0, 0.1) is 5.82 Å². The summed E-state index contributed by atoms with van der Waals surface area (Å²) in [5, 5.41) is 4.03. The Morgan fingerprint density at radius 1 is 1.35 bits per heavy atom. The monoisotopic (exact) mass is 301 g/mol. The van der Waals surface area contributed by atoms with E-state index in [-0.39, 0.29) is 17.5 Å². The van der Waals surface area contributed by atoms with E-state index in [1.807, 2.05) is 20.8 Å². The summed E-state index contributed by atoms with van der Waals surface area (Å²) in [5.74, 6) is -0.254. The van der Waals surface area contributed by atoms with Crippen LogP contribution in [-0.2, 0) is 11.2 Å². The van der Waals surface area contributed by atoms with E-state index in [4.69, 9.17) is 16.3 Å². The van der Waals surface area contributed by atoms with E-state index >= 15 is 0 Å². The Morgan fingerprint density at radius 2 is 2.05 bits per heavy atom. The molecule has 0 aliphatic carbocycles. The second kappa shape index (κ2) is 7.96. The molecule has 0 radical (unpaired) electrons. The first-order valence-corrected chi connectivity index (χ1v) is 7.51. The van der Waals surface area contributed by atoms with Crippen molar-refractivity contribution in [3.63, 3.8) is 0 Å². The third-order valence-electron chi connectivity index (χ3n) is 2.87. The lowest BCUT2D eigenvalue weighted by atomic mass is 10.1. The van der Waals surface area contributed by atoms with Crippen molar-refractivity contribution in [1.82, 2.24) is 5.32 Å². The van der Waals surface area contributed by atoms with Crippen LogP contribution in [0.5, 0.6) is 0 Å². The molecular formula is C16H25ClFNO. The van der Waals surface area contributed by atoms with Gasteiger partial charge in [-0.1, -0.05) is 18.5 Å². The van der Waals surface area contributed by atoms with Crippen LogP contribution in [-0.4, -0.2) is 24.8 Å². The van der Waals surface area contributed by atoms with Gasteiger partial charge in [0.2, 0.25) is 0 Å². The van der Waals surface area contributed by atoms with Gasteiger partial charge in [-0.2, -0.15) is 0 Å². The number of hydrogen-bond donors (Lipinski definition) is 1. The van der Waals surface area contributed by atoms with Gasteiger partial charge in [0.05, 0.1) is 12.2 Å². The zero-order valence-electron chi connectivity index (χ0n) is 12.8. The molecule has 20 heavy (non-hydrogen) atoms. The molecule has 1 rings (SSSR count). The van der Waals surface area contributed by atoms with Crippen LogP contribution >= 0.6 is 11.6 Å². The molecule has 1 aromatic rings. The summed E-state index contributed by atoms with van der Waals surface area (Å²) < 4.78 is 19.1. The van der Waals surface area contributed by atoms with E-state index in [0.29, 0.717) is 18.1 Å². The van der Waals surface area contributed by atoms with Crippen LogP contribution in [0.3, 0.4) is 0 Å². The lowest BCUT2D eigenvalue weighted by Crippen LogP contribution is -2.38. The summed E-state index contributed by atoms with van der Waals surface area (Å²) >= 11 is 6.13. The Labute approximate surface area is 126 Å². The van der Waals surface area contributed by atoms with E-state index in [1.54, 1.807) is 6.07 Å². The van der Waals surface area contributed by atoms with Gasteiger partial charge in [0, 0.05) is 11.1 Å². The fourth-order valence-corrected chi connectivity index (χ4v) is 2.05. The van der Waals surface area contributed by atoms with Crippen molar-refractivity contribution >= 4 is 11.6 Å². The minimum Gasteiger partial charge on any atom is -0.374 e. The van der Waals surface area contributed by atoms with Gasteiger partial charge in [0.15, 0.2) is 0 Å². The van der Waals surface area contributed by atoms with E-state index in [2.05, 4.69) is 12.2 Å². The van der Waals surface area contributed by atoms with Gasteiger partial charge >= 0.3 is 0 Å². The molecular weight excluding hydrogens is 277 g/mol. The lowest BCUT2D eigenvalue weighted by molar-refractivity contribution is -0.0143. The zero-order valence-corrected chi connectivity index (χ0v) is 13.6. The molecule has 0 bridgehead atoms. The van der Waals surface area contributed by atoms with Crippen molar-refractivity contribution in [1.29, 1.82) is 0 Å². The van der Waals surface area contributed by atoms with E-state index < -0.39 is 0 Å². The predicted octanol–water partition coefficient (Wildman–Crippen LogP) is 4.20. The maximum Gasteiger partial charge on any atom is 0.123 e. The molecule has 114 valence electrons. The third kappa shape index (κ3) is 6.69. The Morgan fingerprint density at radius 3 is 2.65 bits per heavy atom. The van der Waals surface area contributed by atoms with Crippen molar-refractivity contribution in [3.8, 4) is 0 Å². The number of rotatable bonds is 7. The standard InChI is InChI=1S/C16H25ClFNO/c1-5-8-19-14(11-20-16(2,3)4)10-12-9-13(18)6-7-15(12)17/h6-7,9,14,19H,5,8,10-11H2,1-4H3. The molecule has 1 N–H and O–H groups in total. The summed E-state index contributed by atoms with van der Waals surface area (Å²) in [7, 11) is 0. The largest absolute Gasteiger partial charge is 0.374 e. The van der Waals surface area contributed by atoms with Crippen molar-refractivity contribution in [2.24, 2.45) is 0 Å². The Balaban J connectivity index is 2.70. The van der Waals surface area contributed by atoms with E-state index in [9.17, 15) is 4.39 Å². The highest BCUT2D eigenvalue weighted by Gasteiger charge is 2.17. The molecule has 1 aromatic carbocycles. The van der Waals surface area contributed by atoms with Gasteiger partial charge < -0.3 is 10.1 Å². The van der Waals surface area contributed by atoms with Crippen molar-refractivity contribution < 1.29 is 9.13 Å². The third-order valence-corrected chi connectivity index (χ3v) is 3.24. The maximum absolute atomic E-state index is 13.3. The topological polar surface area (TPSA) is 21.3 Å². The molecule has 0 saturated carbocycles. The fraction of sp³-hybridized carbons (Fsp3) is 0.625. The highest BCUT2D eigenvalue weighted by molar-refractivity contribution is 6.31. The lowest BCUT2D eigenvalue weighted by Gasteiger charge is -2.25. The van der Waals surface area contributed by atoms with Gasteiger partial charge in [-0.05, 0) is 63.9 Å². The molecule has 0 spiro atoms. The Hall–Kier alpha value is -0.640. The van der Waals surface area contributed by atoms with Gasteiger partial charge in [-0.15, -0.1) is 0 Å². The predicted molar refractivity (Wildman–Crippen MR) is 82.9 cm³/mol. The van der Waals surface area contributed by atoms with Gasteiger partial charge in [-0.3, -0.25) is 0 Å². The summed E-state index contributed by atoms with van der Waals surface area (Å²) in [4.78, 5) is 0. The van der Waals surface area contributed by atoms with Crippen LogP contribution in [0.25, 0.3) is 0 Å². The highest BCUT2D eigenvalue weighted by atomic mass is 35.5.